The summed E-state index contributed by atoms with van der Waals surface area (Å²) in [6.07, 6.45) is 14.2. The van der Waals surface area contributed by atoms with Crippen molar-refractivity contribution in [2.75, 3.05) is 0 Å². The average Bonchev–Trinajstić information content (AvgIpc) is 2.73. The van der Waals surface area contributed by atoms with Gasteiger partial charge in [0, 0.05) is 0 Å². The van der Waals surface area contributed by atoms with E-state index < -0.39 is 0 Å². The summed E-state index contributed by atoms with van der Waals surface area (Å²) >= 11 is 0. The molecule has 72 valence electrons. The van der Waals surface area contributed by atoms with Gasteiger partial charge in [-0.05, 0) is 36.2 Å². The Hall–Kier alpha value is -0.520. The van der Waals surface area contributed by atoms with E-state index in [4.69, 9.17) is 0 Å². The number of allylic oxidation sites excluding steroid dienone is 4. The fourth-order valence-corrected chi connectivity index (χ4v) is 2.90. The van der Waals surface area contributed by atoms with Crippen molar-refractivity contribution in [2.45, 2.75) is 46.0 Å². The van der Waals surface area contributed by atoms with Crippen molar-refractivity contribution in [1.82, 2.24) is 0 Å². The third kappa shape index (κ3) is 1.47. The average molecular weight is 176 g/mol. The molecule has 0 aromatic rings. The highest BCUT2D eigenvalue weighted by molar-refractivity contribution is 5.35. The van der Waals surface area contributed by atoms with Crippen molar-refractivity contribution >= 4 is 0 Å². The highest BCUT2D eigenvalue weighted by Crippen LogP contribution is 2.48. The summed E-state index contributed by atoms with van der Waals surface area (Å²) in [4.78, 5) is 0. The Morgan fingerprint density at radius 1 is 1.38 bits per heavy atom. The van der Waals surface area contributed by atoms with Crippen LogP contribution in [0.3, 0.4) is 0 Å². The van der Waals surface area contributed by atoms with Gasteiger partial charge in [0.05, 0.1) is 0 Å². The van der Waals surface area contributed by atoms with Gasteiger partial charge in [-0.25, -0.2) is 0 Å². The molecule has 1 unspecified atom stereocenters. The van der Waals surface area contributed by atoms with E-state index >= 15 is 0 Å². The zero-order chi connectivity index (χ0) is 9.31. The van der Waals surface area contributed by atoms with E-state index in [2.05, 4.69) is 32.1 Å². The predicted molar refractivity (Wildman–Crippen MR) is 57.6 cm³/mol. The Morgan fingerprint density at radius 2 is 2.08 bits per heavy atom. The van der Waals surface area contributed by atoms with Crippen LogP contribution in [-0.4, -0.2) is 0 Å². The molecule has 0 nitrogen and oxygen atoms in total. The minimum absolute atomic E-state index is 0.571. The molecular weight excluding hydrogens is 156 g/mol. The lowest BCUT2D eigenvalue weighted by atomic mass is 9.76. The summed E-state index contributed by atoms with van der Waals surface area (Å²) in [5, 5.41) is 0. The predicted octanol–water partition coefficient (Wildman–Crippen LogP) is 4.09. The van der Waals surface area contributed by atoms with Gasteiger partial charge in [0.1, 0.15) is 0 Å². The summed E-state index contributed by atoms with van der Waals surface area (Å²) in [5.41, 5.74) is 2.21. The van der Waals surface area contributed by atoms with Gasteiger partial charge in [-0.1, -0.05) is 44.9 Å². The second-order valence-electron chi connectivity index (χ2n) is 4.68. The maximum atomic E-state index is 2.47. The first-order valence-corrected chi connectivity index (χ1v) is 5.67. The van der Waals surface area contributed by atoms with Crippen LogP contribution in [-0.2, 0) is 0 Å². The van der Waals surface area contributed by atoms with Gasteiger partial charge >= 0.3 is 0 Å². The van der Waals surface area contributed by atoms with Crippen molar-refractivity contribution in [1.29, 1.82) is 0 Å². The molecule has 0 aromatic heterocycles. The molecule has 1 saturated carbocycles. The van der Waals surface area contributed by atoms with Gasteiger partial charge in [0.25, 0.3) is 0 Å². The SMILES string of the molecule is CCC1(C2=CC(C)C=C2)CCCC1. The fraction of sp³-hybridized carbons (Fsp3) is 0.692. The molecule has 0 radical (unpaired) electrons. The summed E-state index contributed by atoms with van der Waals surface area (Å²) in [7, 11) is 0. The number of rotatable bonds is 2. The summed E-state index contributed by atoms with van der Waals surface area (Å²) in [5.74, 6) is 0.680. The van der Waals surface area contributed by atoms with Gasteiger partial charge < -0.3 is 0 Å². The van der Waals surface area contributed by atoms with E-state index in [1.165, 1.54) is 32.1 Å². The standard InChI is InChI=1S/C13H20/c1-3-13(8-4-5-9-13)12-7-6-11(2)10-12/h6-7,10-11H,3-5,8-9H2,1-2H3. The summed E-state index contributed by atoms with van der Waals surface area (Å²) in [6.45, 7) is 4.63. The van der Waals surface area contributed by atoms with Gasteiger partial charge in [0.15, 0.2) is 0 Å². The molecule has 0 aromatic carbocycles. The van der Waals surface area contributed by atoms with Crippen molar-refractivity contribution in [2.24, 2.45) is 11.3 Å². The smallest absolute Gasteiger partial charge is 0.00526 e. The molecule has 0 saturated heterocycles. The van der Waals surface area contributed by atoms with Crippen LogP contribution in [0.15, 0.2) is 23.8 Å². The first-order valence-electron chi connectivity index (χ1n) is 5.67. The molecule has 0 amide bonds. The monoisotopic (exact) mass is 176 g/mol. The molecule has 0 N–H and O–H groups in total. The molecule has 2 aliphatic rings. The molecule has 2 aliphatic carbocycles. The Kier molecular flexibility index (Phi) is 2.31. The van der Waals surface area contributed by atoms with Crippen molar-refractivity contribution in [3.8, 4) is 0 Å². The van der Waals surface area contributed by atoms with Crippen LogP contribution < -0.4 is 0 Å². The molecule has 0 bridgehead atoms. The van der Waals surface area contributed by atoms with Crippen molar-refractivity contribution in [3.05, 3.63) is 23.8 Å². The van der Waals surface area contributed by atoms with Crippen molar-refractivity contribution in [3.63, 3.8) is 0 Å². The lowest BCUT2D eigenvalue weighted by Gasteiger charge is -2.28. The highest BCUT2D eigenvalue weighted by atomic mass is 14.4. The molecule has 13 heavy (non-hydrogen) atoms. The van der Waals surface area contributed by atoms with E-state index in [9.17, 15) is 0 Å². The van der Waals surface area contributed by atoms with E-state index in [1.54, 1.807) is 5.57 Å². The maximum absolute atomic E-state index is 2.47. The second-order valence-corrected chi connectivity index (χ2v) is 4.68. The first kappa shape index (κ1) is 9.05. The van der Waals surface area contributed by atoms with Gasteiger partial charge in [-0.15, -0.1) is 0 Å². The normalized spacial score (nSPS) is 30.9. The lowest BCUT2D eigenvalue weighted by molar-refractivity contribution is 0.362. The topological polar surface area (TPSA) is 0 Å². The largest absolute Gasteiger partial charge is 0.0776 e. The molecule has 1 atom stereocenters. The van der Waals surface area contributed by atoms with Gasteiger partial charge in [-0.3, -0.25) is 0 Å². The molecule has 0 heterocycles. The summed E-state index contributed by atoms with van der Waals surface area (Å²) < 4.78 is 0. The van der Waals surface area contributed by atoms with E-state index in [0.29, 0.717) is 11.3 Å². The number of hydrogen-bond donors (Lipinski definition) is 0. The van der Waals surface area contributed by atoms with Crippen LogP contribution in [0, 0.1) is 11.3 Å². The van der Waals surface area contributed by atoms with Gasteiger partial charge in [0.2, 0.25) is 0 Å². The van der Waals surface area contributed by atoms with Crippen LogP contribution in [0.2, 0.25) is 0 Å². The zero-order valence-electron chi connectivity index (χ0n) is 8.84. The summed E-state index contributed by atoms with van der Waals surface area (Å²) in [6, 6.07) is 0. The molecule has 0 spiro atoms. The Balaban J connectivity index is 2.22. The van der Waals surface area contributed by atoms with E-state index in [1.807, 2.05) is 0 Å². The molecule has 0 heteroatoms. The molecular formula is C13H20. The Labute approximate surface area is 81.7 Å². The minimum Gasteiger partial charge on any atom is -0.0776 e. The van der Waals surface area contributed by atoms with Crippen LogP contribution in [0.25, 0.3) is 0 Å². The van der Waals surface area contributed by atoms with Crippen LogP contribution in [0.1, 0.15) is 46.0 Å². The van der Waals surface area contributed by atoms with E-state index in [-0.39, 0.29) is 0 Å². The zero-order valence-corrected chi connectivity index (χ0v) is 8.84. The third-order valence-electron chi connectivity index (χ3n) is 3.87. The third-order valence-corrected chi connectivity index (χ3v) is 3.87. The maximum Gasteiger partial charge on any atom is -0.00526 e. The number of hydrogen-bond acceptors (Lipinski definition) is 0. The van der Waals surface area contributed by atoms with Gasteiger partial charge in [-0.2, -0.15) is 0 Å². The van der Waals surface area contributed by atoms with Crippen molar-refractivity contribution < 1.29 is 0 Å². The minimum atomic E-state index is 0.571. The quantitative estimate of drug-likeness (QED) is 0.594. The van der Waals surface area contributed by atoms with Crippen LogP contribution in [0.5, 0.6) is 0 Å². The van der Waals surface area contributed by atoms with Crippen LogP contribution in [0.4, 0.5) is 0 Å². The Bertz CT molecular complexity index is 239. The molecule has 0 aliphatic heterocycles. The van der Waals surface area contributed by atoms with Crippen LogP contribution >= 0.6 is 0 Å². The molecule has 2 rings (SSSR count). The molecule has 1 fully saturated rings. The highest BCUT2D eigenvalue weighted by Gasteiger charge is 2.35. The Morgan fingerprint density at radius 3 is 2.54 bits per heavy atom. The lowest BCUT2D eigenvalue weighted by Crippen LogP contribution is -2.16. The fourth-order valence-electron chi connectivity index (χ4n) is 2.90. The second kappa shape index (κ2) is 3.32. The van der Waals surface area contributed by atoms with E-state index in [0.717, 1.165) is 0 Å². The first-order chi connectivity index (χ1) is 6.27.